The number of amides is 3. The molecular weight excluding hydrogens is 262 g/mol. The Morgan fingerprint density at radius 1 is 1.00 bits per heavy atom. The van der Waals surface area contributed by atoms with Crippen molar-refractivity contribution < 1.29 is 9.59 Å². The minimum absolute atomic E-state index is 0.156. The Labute approximate surface area is 116 Å². The fraction of sp³-hybridized carbons (Fsp3) is 0.545. The second-order valence-electron chi connectivity index (χ2n) is 4.86. The van der Waals surface area contributed by atoms with E-state index >= 15 is 0 Å². The average Bonchev–Trinajstić information content (AvgIpc) is 2.62. The summed E-state index contributed by atoms with van der Waals surface area (Å²) in [7, 11) is 7.16. The largest absolute Gasteiger partial charge is 0.347 e. The van der Waals surface area contributed by atoms with Crippen molar-refractivity contribution in [2.24, 2.45) is 0 Å². The first-order chi connectivity index (χ1) is 9.31. The molecule has 0 aliphatic carbocycles. The zero-order valence-electron chi connectivity index (χ0n) is 12.1. The minimum Gasteiger partial charge on any atom is -0.347 e. The molecule has 1 aromatic heterocycles. The van der Waals surface area contributed by atoms with Gasteiger partial charge in [0.15, 0.2) is 0 Å². The lowest BCUT2D eigenvalue weighted by molar-refractivity contribution is -0.119. The number of carbonyl (C=O) groups excluding carboxylic acids is 2. The predicted molar refractivity (Wildman–Crippen MR) is 74.0 cm³/mol. The highest BCUT2D eigenvalue weighted by Crippen LogP contribution is 2.21. The van der Waals surface area contributed by atoms with Gasteiger partial charge in [-0.15, -0.1) is 0 Å². The number of aromatic nitrogens is 3. The van der Waals surface area contributed by atoms with E-state index < -0.39 is 12.1 Å². The summed E-state index contributed by atoms with van der Waals surface area (Å²) in [4.78, 5) is 40.7. The number of hydrogen-bond donors (Lipinski definition) is 1. The van der Waals surface area contributed by atoms with Gasteiger partial charge in [-0.25, -0.2) is 9.69 Å². The lowest BCUT2D eigenvalue weighted by Gasteiger charge is -2.20. The molecule has 9 nitrogen and oxygen atoms in total. The number of urea groups is 1. The maximum absolute atomic E-state index is 11.8. The summed E-state index contributed by atoms with van der Waals surface area (Å²) in [5.41, 5.74) is 0. The van der Waals surface area contributed by atoms with Crippen LogP contribution in [-0.4, -0.2) is 61.1 Å². The van der Waals surface area contributed by atoms with E-state index in [-0.39, 0.29) is 11.9 Å². The van der Waals surface area contributed by atoms with Crippen LogP contribution in [0.1, 0.15) is 6.92 Å². The Bertz CT molecular complexity index is 531. The summed E-state index contributed by atoms with van der Waals surface area (Å²) in [5, 5.41) is 2.23. The third kappa shape index (κ3) is 2.33. The molecule has 1 aliphatic rings. The van der Waals surface area contributed by atoms with E-state index in [0.717, 1.165) is 0 Å². The molecule has 1 aromatic rings. The van der Waals surface area contributed by atoms with Gasteiger partial charge < -0.3 is 9.80 Å². The average molecular weight is 279 g/mol. The van der Waals surface area contributed by atoms with Gasteiger partial charge in [-0.1, -0.05) is 0 Å². The normalized spacial score (nSPS) is 18.2. The Hall–Kier alpha value is -2.45. The first-order valence-corrected chi connectivity index (χ1v) is 6.06. The van der Waals surface area contributed by atoms with Crippen LogP contribution >= 0.6 is 0 Å². The zero-order chi connectivity index (χ0) is 15.0. The Balaban J connectivity index is 2.50. The number of rotatable bonds is 3. The molecule has 0 bridgehead atoms. The van der Waals surface area contributed by atoms with E-state index in [1.165, 1.54) is 4.90 Å². The molecule has 0 saturated carbocycles. The highest BCUT2D eigenvalue weighted by Gasteiger charge is 2.38. The van der Waals surface area contributed by atoms with E-state index in [1.54, 1.807) is 44.9 Å². The predicted octanol–water partition coefficient (Wildman–Crippen LogP) is -0.552. The van der Waals surface area contributed by atoms with Crippen molar-refractivity contribution in [2.45, 2.75) is 13.0 Å². The minimum atomic E-state index is -0.644. The topological polar surface area (TPSA) is 94.6 Å². The van der Waals surface area contributed by atoms with Gasteiger partial charge in [0.05, 0.1) is 0 Å². The number of carbonyl (C=O) groups is 2. The molecular formula is C11H17N7O2. The van der Waals surface area contributed by atoms with Gasteiger partial charge in [0.1, 0.15) is 6.04 Å². The Morgan fingerprint density at radius 3 is 1.85 bits per heavy atom. The van der Waals surface area contributed by atoms with Crippen LogP contribution in [-0.2, 0) is 4.79 Å². The summed E-state index contributed by atoms with van der Waals surface area (Å²) in [6.07, 6.45) is 0. The van der Waals surface area contributed by atoms with Gasteiger partial charge in [0.25, 0.3) is 5.91 Å². The van der Waals surface area contributed by atoms with Gasteiger partial charge >= 0.3 is 6.03 Å². The summed E-state index contributed by atoms with van der Waals surface area (Å²) in [6, 6.07) is -1.17. The van der Waals surface area contributed by atoms with Gasteiger partial charge in [0, 0.05) is 28.2 Å². The first-order valence-electron chi connectivity index (χ1n) is 6.06. The van der Waals surface area contributed by atoms with Gasteiger partial charge in [-0.2, -0.15) is 15.0 Å². The fourth-order valence-corrected chi connectivity index (χ4v) is 1.68. The van der Waals surface area contributed by atoms with Crippen molar-refractivity contribution in [2.75, 3.05) is 42.9 Å². The third-order valence-corrected chi connectivity index (χ3v) is 2.83. The first kappa shape index (κ1) is 14.0. The molecule has 1 fully saturated rings. The lowest BCUT2D eigenvalue weighted by atomic mass is 10.3. The SMILES string of the molecule is C[C@H]1C(=O)NC(=O)N1c1nc(N(C)C)nc(N(C)C)n1. The lowest BCUT2D eigenvalue weighted by Crippen LogP contribution is -2.35. The second-order valence-corrected chi connectivity index (χ2v) is 4.86. The summed E-state index contributed by atoms with van der Waals surface area (Å²) in [5.74, 6) is 0.618. The standard InChI is InChI=1S/C11H17N7O2/c1-6-7(19)12-11(20)18(6)10-14-8(16(2)3)13-9(15-10)17(4)5/h6H,1-5H3,(H,12,19,20)/t6-/m0/s1. The molecule has 2 heterocycles. The van der Waals surface area contributed by atoms with Crippen LogP contribution in [0.4, 0.5) is 22.6 Å². The van der Waals surface area contributed by atoms with Crippen molar-refractivity contribution in [3.63, 3.8) is 0 Å². The smallest absolute Gasteiger partial charge is 0.331 e. The molecule has 0 aromatic carbocycles. The van der Waals surface area contributed by atoms with Gasteiger partial charge in [0.2, 0.25) is 17.8 Å². The number of hydrogen-bond acceptors (Lipinski definition) is 7. The number of nitrogens with zero attached hydrogens (tertiary/aromatic N) is 6. The molecule has 1 atom stereocenters. The maximum Gasteiger partial charge on any atom is 0.331 e. The molecule has 9 heteroatoms. The van der Waals surface area contributed by atoms with E-state index in [2.05, 4.69) is 20.3 Å². The van der Waals surface area contributed by atoms with Crippen molar-refractivity contribution in [3.05, 3.63) is 0 Å². The van der Waals surface area contributed by atoms with Crippen molar-refractivity contribution >= 4 is 29.8 Å². The van der Waals surface area contributed by atoms with E-state index in [1.807, 2.05) is 0 Å². The number of imide groups is 1. The molecule has 2 rings (SSSR count). The zero-order valence-corrected chi connectivity index (χ0v) is 12.1. The van der Waals surface area contributed by atoms with E-state index in [4.69, 9.17) is 0 Å². The van der Waals surface area contributed by atoms with Crippen LogP contribution < -0.4 is 20.0 Å². The summed E-state index contributed by atoms with van der Waals surface area (Å²) < 4.78 is 0. The summed E-state index contributed by atoms with van der Waals surface area (Å²) in [6.45, 7) is 1.62. The van der Waals surface area contributed by atoms with Crippen LogP contribution in [0, 0.1) is 0 Å². The Kier molecular flexibility index (Phi) is 3.43. The van der Waals surface area contributed by atoms with Crippen molar-refractivity contribution in [3.8, 4) is 0 Å². The molecule has 1 N–H and O–H groups in total. The monoisotopic (exact) mass is 279 g/mol. The van der Waals surface area contributed by atoms with Crippen molar-refractivity contribution in [1.29, 1.82) is 0 Å². The van der Waals surface area contributed by atoms with Crippen molar-refractivity contribution in [1.82, 2.24) is 20.3 Å². The molecule has 0 radical (unpaired) electrons. The van der Waals surface area contributed by atoms with E-state index in [0.29, 0.717) is 11.9 Å². The second kappa shape index (κ2) is 4.91. The van der Waals surface area contributed by atoms with E-state index in [9.17, 15) is 9.59 Å². The van der Waals surface area contributed by atoms with Gasteiger partial charge in [-0.3, -0.25) is 10.1 Å². The molecule has 3 amide bonds. The molecule has 1 saturated heterocycles. The molecule has 0 unspecified atom stereocenters. The van der Waals surface area contributed by atoms with Crippen LogP contribution in [0.15, 0.2) is 0 Å². The molecule has 20 heavy (non-hydrogen) atoms. The fourth-order valence-electron chi connectivity index (χ4n) is 1.68. The Morgan fingerprint density at radius 2 is 1.50 bits per heavy atom. The number of anilines is 3. The van der Waals surface area contributed by atoms with Crippen LogP contribution in [0.3, 0.4) is 0 Å². The van der Waals surface area contributed by atoms with Gasteiger partial charge in [-0.05, 0) is 6.92 Å². The third-order valence-electron chi connectivity index (χ3n) is 2.83. The molecule has 0 spiro atoms. The quantitative estimate of drug-likeness (QED) is 0.742. The molecule has 108 valence electrons. The highest BCUT2D eigenvalue weighted by molar-refractivity contribution is 6.13. The highest BCUT2D eigenvalue weighted by atomic mass is 16.2. The number of nitrogens with one attached hydrogen (secondary N) is 1. The van der Waals surface area contributed by atoms with Crippen LogP contribution in [0.2, 0.25) is 0 Å². The van der Waals surface area contributed by atoms with Crippen LogP contribution in [0.25, 0.3) is 0 Å². The molecule has 1 aliphatic heterocycles. The summed E-state index contributed by atoms with van der Waals surface area (Å²) >= 11 is 0. The van der Waals surface area contributed by atoms with Crippen LogP contribution in [0.5, 0.6) is 0 Å². The maximum atomic E-state index is 11.8.